The predicted molar refractivity (Wildman–Crippen MR) is 89.6 cm³/mol. The molecule has 3 nitrogen and oxygen atoms in total. The minimum absolute atomic E-state index is 0.568. The van der Waals surface area contributed by atoms with Crippen molar-refractivity contribution in [2.45, 2.75) is 36.0 Å². The van der Waals surface area contributed by atoms with Crippen molar-refractivity contribution >= 4 is 10.8 Å². The van der Waals surface area contributed by atoms with Crippen LogP contribution in [0.25, 0.3) is 0 Å². The maximum atomic E-state index is 13.0. The summed E-state index contributed by atoms with van der Waals surface area (Å²) in [6, 6.07) is 18.9. The van der Waals surface area contributed by atoms with Gasteiger partial charge in [-0.05, 0) is 24.6 Å². The molecule has 0 saturated carbocycles. The fourth-order valence-corrected chi connectivity index (χ4v) is 3.75. The Morgan fingerprint density at radius 2 is 1.59 bits per heavy atom. The second-order valence-corrected chi connectivity index (χ2v) is 7.57. The second kappa shape index (κ2) is 6.04. The molecular weight excluding hydrogens is 292 g/mol. The zero-order valence-electron chi connectivity index (χ0n) is 13.0. The monoisotopic (exact) mass is 312 g/mol. The zero-order chi connectivity index (χ0) is 16.4. The van der Waals surface area contributed by atoms with Crippen molar-refractivity contribution < 1.29 is 4.21 Å². The van der Waals surface area contributed by atoms with E-state index in [-0.39, 0.29) is 0 Å². The first-order chi connectivity index (χ1) is 10.3. The fraction of sp³-hybridized carbons (Fsp3) is 0.278. The van der Waals surface area contributed by atoms with Gasteiger partial charge >= 0.3 is 0 Å². The fourth-order valence-electron chi connectivity index (χ4n) is 2.33. The van der Waals surface area contributed by atoms with E-state index in [4.69, 9.17) is 5.73 Å². The van der Waals surface area contributed by atoms with Crippen LogP contribution in [-0.2, 0) is 16.2 Å². The van der Waals surface area contributed by atoms with Gasteiger partial charge in [0.25, 0.3) is 0 Å². The Labute approximate surface area is 134 Å². The quantitative estimate of drug-likeness (QED) is 0.942. The van der Waals surface area contributed by atoms with Crippen molar-refractivity contribution in [1.29, 1.82) is 5.26 Å². The van der Waals surface area contributed by atoms with Crippen LogP contribution in [0, 0.1) is 18.3 Å². The molecule has 2 rings (SSSR count). The van der Waals surface area contributed by atoms with Crippen molar-refractivity contribution in [1.82, 2.24) is 0 Å². The molecule has 0 aromatic heterocycles. The summed E-state index contributed by atoms with van der Waals surface area (Å²) in [6.07, 6.45) is 0. The molecule has 0 aliphatic carbocycles. The summed E-state index contributed by atoms with van der Waals surface area (Å²) in [7, 11) is -1.65. The second-order valence-electron chi connectivity index (χ2n) is 5.92. The minimum Gasteiger partial charge on any atom is -0.302 e. The van der Waals surface area contributed by atoms with E-state index in [1.54, 1.807) is 12.1 Å². The molecule has 0 bridgehead atoms. The Hall–Kier alpha value is -1.96. The summed E-state index contributed by atoms with van der Waals surface area (Å²) < 4.78 is 13.0. The average Bonchev–Trinajstić information content (AvgIpc) is 2.54. The highest BCUT2D eigenvalue weighted by Gasteiger charge is 2.49. The van der Waals surface area contributed by atoms with Crippen LogP contribution in [0.15, 0.2) is 59.5 Å². The summed E-state index contributed by atoms with van der Waals surface area (Å²) in [5.74, 6) is 0. The molecule has 0 amide bonds. The van der Waals surface area contributed by atoms with Crippen molar-refractivity contribution in [3.05, 3.63) is 65.7 Å². The maximum Gasteiger partial charge on any atom is 0.193 e. The third kappa shape index (κ3) is 2.70. The van der Waals surface area contributed by atoms with Crippen LogP contribution < -0.4 is 5.73 Å². The molecule has 0 saturated heterocycles. The van der Waals surface area contributed by atoms with Crippen LogP contribution >= 0.6 is 0 Å². The summed E-state index contributed by atoms with van der Waals surface area (Å²) in [4.78, 5) is -0.956. The van der Waals surface area contributed by atoms with Gasteiger partial charge in [0, 0.05) is 10.3 Å². The lowest BCUT2D eigenvalue weighted by Crippen LogP contribution is -2.57. The summed E-state index contributed by atoms with van der Waals surface area (Å²) in [5.41, 5.74) is 7.55. The lowest BCUT2D eigenvalue weighted by Gasteiger charge is -2.38. The first-order valence-electron chi connectivity index (χ1n) is 7.07. The van der Waals surface area contributed by atoms with Gasteiger partial charge < -0.3 is 5.73 Å². The molecule has 2 N–H and O–H groups in total. The Morgan fingerprint density at radius 1 is 1.05 bits per heavy atom. The van der Waals surface area contributed by atoms with Crippen LogP contribution in [-0.4, -0.2) is 9.08 Å². The lowest BCUT2D eigenvalue weighted by atomic mass is 9.78. The average molecular weight is 312 g/mol. The van der Waals surface area contributed by atoms with Crippen molar-refractivity contribution in [3.63, 3.8) is 0 Å². The molecule has 0 heterocycles. The summed E-state index contributed by atoms with van der Waals surface area (Å²) in [5, 5.41) is 9.70. The van der Waals surface area contributed by atoms with Gasteiger partial charge in [-0.15, -0.1) is 0 Å². The van der Waals surface area contributed by atoms with E-state index in [0.29, 0.717) is 4.90 Å². The molecule has 0 aliphatic rings. The maximum absolute atomic E-state index is 13.0. The Kier molecular flexibility index (Phi) is 4.50. The van der Waals surface area contributed by atoms with Crippen LogP contribution in [0.5, 0.6) is 0 Å². The number of benzene rings is 2. The topological polar surface area (TPSA) is 66.9 Å². The summed E-state index contributed by atoms with van der Waals surface area (Å²) in [6.45, 7) is 5.68. The first kappa shape index (κ1) is 16.4. The van der Waals surface area contributed by atoms with Gasteiger partial charge in [-0.1, -0.05) is 61.9 Å². The first-order valence-corrected chi connectivity index (χ1v) is 8.22. The molecule has 2 aromatic carbocycles. The van der Waals surface area contributed by atoms with Gasteiger partial charge in [-0.2, -0.15) is 5.26 Å². The van der Waals surface area contributed by atoms with E-state index < -0.39 is 21.1 Å². The number of nitrogens with zero attached hydrogens (tertiary/aromatic N) is 1. The van der Waals surface area contributed by atoms with Crippen molar-refractivity contribution in [2.24, 2.45) is 5.73 Å². The number of hydrogen-bond donors (Lipinski definition) is 1. The van der Waals surface area contributed by atoms with Gasteiger partial charge in [-0.25, -0.2) is 0 Å². The van der Waals surface area contributed by atoms with Gasteiger partial charge in [0.1, 0.15) is 0 Å². The largest absolute Gasteiger partial charge is 0.302 e. The zero-order valence-corrected chi connectivity index (χ0v) is 13.9. The molecule has 4 heteroatoms. The third-order valence-corrected chi connectivity index (χ3v) is 6.00. The van der Waals surface area contributed by atoms with E-state index in [9.17, 15) is 9.47 Å². The summed E-state index contributed by atoms with van der Waals surface area (Å²) >= 11 is 0. The van der Waals surface area contributed by atoms with Crippen molar-refractivity contribution in [2.75, 3.05) is 0 Å². The third-order valence-electron chi connectivity index (χ3n) is 4.12. The molecule has 2 atom stereocenters. The highest BCUT2D eigenvalue weighted by molar-refractivity contribution is 7.86. The highest BCUT2D eigenvalue weighted by Crippen LogP contribution is 2.37. The Morgan fingerprint density at radius 3 is 2.09 bits per heavy atom. The Bertz CT molecular complexity index is 717. The Balaban J connectivity index is 2.50. The molecule has 0 aliphatic heterocycles. The molecule has 22 heavy (non-hydrogen) atoms. The number of hydrogen-bond acceptors (Lipinski definition) is 3. The normalized spacial score (nSPS) is 15.6. The highest BCUT2D eigenvalue weighted by atomic mass is 32.2. The molecule has 0 spiro atoms. The smallest absolute Gasteiger partial charge is 0.193 e. The standard InChI is InChI=1S/C18H20N2OS/c1-14-9-11-16(12-10-14)22(21)18(20,13-19)17(2,3)15-7-5-4-6-8-15/h4-12H,20H2,1-3H3. The predicted octanol–water partition coefficient (Wildman–Crippen LogP) is 3.26. The van der Waals surface area contributed by atoms with E-state index in [1.165, 1.54) is 0 Å². The van der Waals surface area contributed by atoms with Crippen LogP contribution in [0.1, 0.15) is 25.0 Å². The van der Waals surface area contributed by atoms with Gasteiger partial charge in [-0.3, -0.25) is 4.21 Å². The molecular formula is C18H20N2OS. The SMILES string of the molecule is Cc1ccc(S(=O)C(N)(C#N)C(C)(C)c2ccccc2)cc1. The van der Waals surface area contributed by atoms with E-state index in [2.05, 4.69) is 6.07 Å². The number of rotatable bonds is 4. The molecule has 2 aromatic rings. The molecule has 0 fully saturated rings. The van der Waals surface area contributed by atoms with E-state index in [1.807, 2.05) is 63.2 Å². The number of nitrogens with two attached hydrogens (primary N) is 1. The molecule has 0 radical (unpaired) electrons. The van der Waals surface area contributed by atoms with Crippen LogP contribution in [0.2, 0.25) is 0 Å². The minimum atomic E-state index is -1.65. The molecule has 2 unspecified atom stereocenters. The number of aryl methyl sites for hydroxylation is 1. The number of nitriles is 1. The van der Waals surface area contributed by atoms with Gasteiger partial charge in [0.2, 0.25) is 0 Å². The van der Waals surface area contributed by atoms with Crippen molar-refractivity contribution in [3.8, 4) is 6.07 Å². The van der Waals surface area contributed by atoms with E-state index >= 15 is 0 Å². The van der Waals surface area contributed by atoms with Gasteiger partial charge in [0.15, 0.2) is 4.87 Å². The van der Waals surface area contributed by atoms with Gasteiger partial charge in [0.05, 0.1) is 16.9 Å². The molecule has 114 valence electrons. The van der Waals surface area contributed by atoms with E-state index in [0.717, 1.165) is 11.1 Å². The lowest BCUT2D eigenvalue weighted by molar-refractivity contribution is 0.426. The van der Waals surface area contributed by atoms with Crippen LogP contribution in [0.3, 0.4) is 0 Å². The van der Waals surface area contributed by atoms with Crippen LogP contribution in [0.4, 0.5) is 0 Å².